The maximum atomic E-state index is 12.0. The van der Waals surface area contributed by atoms with Crippen molar-refractivity contribution in [3.8, 4) is 5.75 Å². The van der Waals surface area contributed by atoms with Crippen molar-refractivity contribution in [3.05, 3.63) is 29.8 Å². The van der Waals surface area contributed by atoms with E-state index in [1.54, 1.807) is 19.2 Å². The summed E-state index contributed by atoms with van der Waals surface area (Å²) in [5.41, 5.74) is 0.860. The van der Waals surface area contributed by atoms with Gasteiger partial charge in [-0.2, -0.15) is 13.2 Å². The zero-order chi connectivity index (χ0) is 15.0. The molecule has 0 spiro atoms. The van der Waals surface area contributed by atoms with E-state index in [1.807, 2.05) is 19.1 Å². The predicted octanol–water partition coefficient (Wildman–Crippen LogP) is 3.31. The van der Waals surface area contributed by atoms with Crippen LogP contribution in [0.15, 0.2) is 24.3 Å². The van der Waals surface area contributed by atoms with E-state index < -0.39 is 12.8 Å². The molecule has 0 amide bonds. The van der Waals surface area contributed by atoms with Crippen molar-refractivity contribution in [1.29, 1.82) is 0 Å². The number of likely N-dealkylation sites (N-methyl/N-ethyl adjacent to an activating group) is 1. The molecule has 0 radical (unpaired) electrons. The highest BCUT2D eigenvalue weighted by Gasteiger charge is 2.27. The highest BCUT2D eigenvalue weighted by atomic mass is 19.4. The van der Waals surface area contributed by atoms with Crippen LogP contribution in [-0.2, 0) is 4.74 Å². The number of hydrogen-bond donors (Lipinski definition) is 1. The third kappa shape index (κ3) is 6.25. The third-order valence-electron chi connectivity index (χ3n) is 2.65. The lowest BCUT2D eigenvalue weighted by Gasteiger charge is -2.18. The first-order valence-electron chi connectivity index (χ1n) is 6.50. The Morgan fingerprint density at radius 2 is 1.85 bits per heavy atom. The standard InChI is InChI=1S/C14H20F3NO2/c1-3-8-20-12-6-4-11(5-7-12)13(18-2)9-19-10-14(15,16)17/h4-7,13,18H,3,8-10H2,1-2H3. The van der Waals surface area contributed by atoms with Gasteiger partial charge in [-0.1, -0.05) is 19.1 Å². The van der Waals surface area contributed by atoms with Gasteiger partial charge in [0.15, 0.2) is 0 Å². The number of alkyl halides is 3. The van der Waals surface area contributed by atoms with Gasteiger partial charge in [-0.3, -0.25) is 0 Å². The maximum absolute atomic E-state index is 12.0. The Morgan fingerprint density at radius 3 is 2.35 bits per heavy atom. The van der Waals surface area contributed by atoms with Gasteiger partial charge in [0.05, 0.1) is 19.3 Å². The Hall–Kier alpha value is -1.27. The van der Waals surface area contributed by atoms with Gasteiger partial charge >= 0.3 is 6.18 Å². The lowest BCUT2D eigenvalue weighted by atomic mass is 10.1. The van der Waals surface area contributed by atoms with Crippen LogP contribution in [0.25, 0.3) is 0 Å². The molecule has 0 fully saturated rings. The molecule has 0 aromatic heterocycles. The van der Waals surface area contributed by atoms with E-state index in [9.17, 15) is 13.2 Å². The monoisotopic (exact) mass is 291 g/mol. The second-order valence-corrected chi connectivity index (χ2v) is 4.39. The summed E-state index contributed by atoms with van der Waals surface area (Å²) in [7, 11) is 1.68. The average molecular weight is 291 g/mol. The van der Waals surface area contributed by atoms with Crippen LogP contribution in [0, 0.1) is 0 Å². The topological polar surface area (TPSA) is 30.5 Å². The summed E-state index contributed by atoms with van der Waals surface area (Å²) in [6, 6.07) is 6.97. The van der Waals surface area contributed by atoms with Crippen LogP contribution in [0.4, 0.5) is 13.2 Å². The molecule has 1 rings (SSSR count). The largest absolute Gasteiger partial charge is 0.494 e. The molecule has 0 aliphatic heterocycles. The second kappa shape index (κ2) is 8.11. The molecular formula is C14H20F3NO2. The molecule has 0 bridgehead atoms. The molecule has 20 heavy (non-hydrogen) atoms. The van der Waals surface area contributed by atoms with Crippen LogP contribution in [0.3, 0.4) is 0 Å². The zero-order valence-electron chi connectivity index (χ0n) is 11.7. The Kier molecular flexibility index (Phi) is 6.81. The van der Waals surface area contributed by atoms with E-state index in [0.29, 0.717) is 6.61 Å². The molecule has 1 aromatic carbocycles. The highest BCUT2D eigenvalue weighted by Crippen LogP contribution is 2.20. The lowest BCUT2D eigenvalue weighted by molar-refractivity contribution is -0.175. The summed E-state index contributed by atoms with van der Waals surface area (Å²) in [5.74, 6) is 0.752. The van der Waals surface area contributed by atoms with E-state index in [2.05, 4.69) is 10.1 Å². The van der Waals surface area contributed by atoms with Crippen molar-refractivity contribution in [2.75, 3.05) is 26.9 Å². The first-order valence-corrected chi connectivity index (χ1v) is 6.50. The minimum absolute atomic E-state index is 0.0365. The third-order valence-corrected chi connectivity index (χ3v) is 2.65. The first kappa shape index (κ1) is 16.8. The maximum Gasteiger partial charge on any atom is 0.411 e. The highest BCUT2D eigenvalue weighted by molar-refractivity contribution is 5.29. The van der Waals surface area contributed by atoms with Crippen LogP contribution in [-0.4, -0.2) is 33.0 Å². The summed E-state index contributed by atoms with van der Waals surface area (Å²) in [6.07, 6.45) is -3.37. The van der Waals surface area contributed by atoms with Gasteiger partial charge in [-0.25, -0.2) is 0 Å². The van der Waals surface area contributed by atoms with Gasteiger partial charge in [0.1, 0.15) is 12.4 Å². The molecule has 0 aliphatic carbocycles. The molecule has 0 aliphatic rings. The number of halogens is 3. The number of benzene rings is 1. The normalized spacial score (nSPS) is 13.2. The molecule has 3 nitrogen and oxygen atoms in total. The van der Waals surface area contributed by atoms with Crippen molar-refractivity contribution in [1.82, 2.24) is 5.32 Å². The van der Waals surface area contributed by atoms with Crippen LogP contribution >= 0.6 is 0 Å². The number of nitrogens with one attached hydrogen (secondary N) is 1. The smallest absolute Gasteiger partial charge is 0.411 e. The van der Waals surface area contributed by atoms with E-state index >= 15 is 0 Å². The van der Waals surface area contributed by atoms with Gasteiger partial charge in [0.2, 0.25) is 0 Å². The van der Waals surface area contributed by atoms with E-state index in [1.165, 1.54) is 0 Å². The summed E-state index contributed by atoms with van der Waals surface area (Å²) in [4.78, 5) is 0. The molecular weight excluding hydrogens is 271 g/mol. The summed E-state index contributed by atoms with van der Waals surface area (Å²) in [5, 5.41) is 2.93. The number of rotatable bonds is 8. The predicted molar refractivity (Wildman–Crippen MR) is 70.9 cm³/mol. The first-order chi connectivity index (χ1) is 9.46. The minimum atomic E-state index is -4.30. The summed E-state index contributed by atoms with van der Waals surface area (Å²) >= 11 is 0. The van der Waals surface area contributed by atoms with Gasteiger partial charge < -0.3 is 14.8 Å². The van der Waals surface area contributed by atoms with Crippen molar-refractivity contribution in [2.24, 2.45) is 0 Å². The zero-order valence-corrected chi connectivity index (χ0v) is 11.7. The fourth-order valence-electron chi connectivity index (χ4n) is 1.66. The van der Waals surface area contributed by atoms with Gasteiger partial charge in [0.25, 0.3) is 0 Å². The Labute approximate surface area is 117 Å². The van der Waals surface area contributed by atoms with Crippen LogP contribution in [0.1, 0.15) is 24.9 Å². The number of hydrogen-bond acceptors (Lipinski definition) is 3. The molecule has 1 N–H and O–H groups in total. The Balaban J connectivity index is 2.52. The fraction of sp³-hybridized carbons (Fsp3) is 0.571. The molecule has 0 heterocycles. The molecule has 1 aromatic rings. The van der Waals surface area contributed by atoms with E-state index in [4.69, 9.17) is 4.74 Å². The Bertz CT molecular complexity index is 379. The van der Waals surface area contributed by atoms with Gasteiger partial charge in [-0.15, -0.1) is 0 Å². The molecule has 0 saturated carbocycles. The van der Waals surface area contributed by atoms with Crippen LogP contribution in [0.5, 0.6) is 5.75 Å². The van der Waals surface area contributed by atoms with Crippen LogP contribution < -0.4 is 10.1 Å². The lowest BCUT2D eigenvalue weighted by Crippen LogP contribution is -2.25. The van der Waals surface area contributed by atoms with Crippen molar-refractivity contribution in [3.63, 3.8) is 0 Å². The minimum Gasteiger partial charge on any atom is -0.494 e. The summed E-state index contributed by atoms with van der Waals surface area (Å²) in [6.45, 7) is 1.39. The number of ether oxygens (including phenoxy) is 2. The SMILES string of the molecule is CCCOc1ccc(C(COCC(F)(F)F)NC)cc1. The van der Waals surface area contributed by atoms with E-state index in [-0.39, 0.29) is 12.6 Å². The average Bonchev–Trinajstić information content (AvgIpc) is 2.41. The van der Waals surface area contributed by atoms with Crippen LogP contribution in [0.2, 0.25) is 0 Å². The second-order valence-electron chi connectivity index (χ2n) is 4.39. The van der Waals surface area contributed by atoms with Gasteiger partial charge in [0, 0.05) is 0 Å². The quantitative estimate of drug-likeness (QED) is 0.797. The van der Waals surface area contributed by atoms with Gasteiger partial charge in [-0.05, 0) is 31.2 Å². The summed E-state index contributed by atoms with van der Waals surface area (Å²) < 4.78 is 46.2. The Morgan fingerprint density at radius 1 is 1.20 bits per heavy atom. The molecule has 114 valence electrons. The van der Waals surface area contributed by atoms with Crippen molar-refractivity contribution in [2.45, 2.75) is 25.6 Å². The molecule has 6 heteroatoms. The molecule has 1 unspecified atom stereocenters. The fourth-order valence-corrected chi connectivity index (χ4v) is 1.66. The molecule has 1 atom stereocenters. The molecule has 0 saturated heterocycles. The van der Waals surface area contributed by atoms with Crippen molar-refractivity contribution < 1.29 is 22.6 Å². The van der Waals surface area contributed by atoms with Crippen molar-refractivity contribution >= 4 is 0 Å². The van der Waals surface area contributed by atoms with E-state index in [0.717, 1.165) is 17.7 Å².